The van der Waals surface area contributed by atoms with Gasteiger partial charge in [-0.15, -0.1) is 0 Å². The fourth-order valence-corrected chi connectivity index (χ4v) is 2.29. The van der Waals surface area contributed by atoms with Crippen molar-refractivity contribution in [2.24, 2.45) is 5.73 Å². The maximum absolute atomic E-state index is 11.3. The number of hydrogen-bond donors (Lipinski definition) is 1. The van der Waals surface area contributed by atoms with Gasteiger partial charge in [0.05, 0.1) is 0 Å². The average molecular weight is 189 g/mol. The quantitative estimate of drug-likeness (QED) is 0.688. The number of nitrogens with two attached hydrogens (primary N) is 1. The van der Waals surface area contributed by atoms with Gasteiger partial charge in [-0.3, -0.25) is 4.79 Å². The Morgan fingerprint density at radius 1 is 1.50 bits per heavy atom. The molecule has 0 heterocycles. The topological polar surface area (TPSA) is 43.1 Å². The molecule has 0 radical (unpaired) electrons. The predicted molar refractivity (Wildman–Crippen MR) is 56.4 cm³/mol. The van der Waals surface area contributed by atoms with Gasteiger partial charge in [-0.05, 0) is 43.4 Å². The number of carbonyl (C=O) groups excluding carboxylic acids is 1. The number of rotatable bonds is 1. The van der Waals surface area contributed by atoms with Crippen LogP contribution in [0.2, 0.25) is 0 Å². The molecule has 1 aliphatic carbocycles. The van der Waals surface area contributed by atoms with Crippen LogP contribution in [0.4, 0.5) is 0 Å². The van der Waals surface area contributed by atoms with Crippen LogP contribution in [0.5, 0.6) is 0 Å². The Kier molecular flexibility index (Phi) is 2.16. The average Bonchev–Trinajstić information content (AvgIpc) is 2.49. The summed E-state index contributed by atoms with van der Waals surface area (Å²) in [5.74, 6) is 0.144. The van der Waals surface area contributed by atoms with E-state index in [1.54, 1.807) is 6.92 Å². The van der Waals surface area contributed by atoms with Crippen molar-refractivity contribution in [3.63, 3.8) is 0 Å². The standard InChI is InChI=1S/C12H15NO/c1-7-9(8(2)14)3-4-11-10(7)5-6-12(11)13/h3-4,12H,5-6,13H2,1-2H3/t12-/m0/s1. The van der Waals surface area contributed by atoms with Crippen LogP contribution in [-0.4, -0.2) is 5.78 Å². The lowest BCUT2D eigenvalue weighted by Crippen LogP contribution is -2.06. The molecule has 0 saturated carbocycles. The highest BCUT2D eigenvalue weighted by molar-refractivity contribution is 5.96. The first-order chi connectivity index (χ1) is 6.61. The highest BCUT2D eigenvalue weighted by Gasteiger charge is 2.22. The number of benzene rings is 1. The summed E-state index contributed by atoms with van der Waals surface area (Å²) < 4.78 is 0. The minimum Gasteiger partial charge on any atom is -0.324 e. The molecule has 14 heavy (non-hydrogen) atoms. The van der Waals surface area contributed by atoms with Gasteiger partial charge in [-0.2, -0.15) is 0 Å². The monoisotopic (exact) mass is 189 g/mol. The molecule has 2 rings (SSSR count). The second-order valence-electron chi connectivity index (χ2n) is 4.01. The predicted octanol–water partition coefficient (Wildman–Crippen LogP) is 2.14. The molecule has 2 N–H and O–H groups in total. The summed E-state index contributed by atoms with van der Waals surface area (Å²) in [6.45, 7) is 3.64. The zero-order valence-electron chi connectivity index (χ0n) is 8.63. The number of ketones is 1. The van der Waals surface area contributed by atoms with Crippen molar-refractivity contribution < 1.29 is 4.79 Å². The van der Waals surface area contributed by atoms with E-state index in [2.05, 4.69) is 0 Å². The molecule has 1 aliphatic rings. The summed E-state index contributed by atoms with van der Waals surface area (Å²) in [5.41, 5.74) is 10.5. The fourth-order valence-electron chi connectivity index (χ4n) is 2.29. The second kappa shape index (κ2) is 3.21. The van der Waals surface area contributed by atoms with Gasteiger partial charge in [0.15, 0.2) is 5.78 Å². The Balaban J connectivity index is 2.58. The summed E-state index contributed by atoms with van der Waals surface area (Å²) in [5, 5.41) is 0. The van der Waals surface area contributed by atoms with Crippen molar-refractivity contribution in [3.8, 4) is 0 Å². The molecule has 0 aliphatic heterocycles. The van der Waals surface area contributed by atoms with Gasteiger partial charge in [-0.25, -0.2) is 0 Å². The lowest BCUT2D eigenvalue weighted by Gasteiger charge is -2.09. The molecule has 2 nitrogen and oxygen atoms in total. The SMILES string of the molecule is CC(=O)c1ccc2c(c1C)CC[C@@H]2N. The van der Waals surface area contributed by atoms with E-state index in [0.717, 1.165) is 24.0 Å². The summed E-state index contributed by atoms with van der Waals surface area (Å²) in [6, 6.07) is 4.09. The van der Waals surface area contributed by atoms with Gasteiger partial charge < -0.3 is 5.73 Å². The maximum atomic E-state index is 11.3. The van der Waals surface area contributed by atoms with E-state index in [1.807, 2.05) is 19.1 Å². The molecule has 1 atom stereocenters. The molecule has 0 saturated heterocycles. The van der Waals surface area contributed by atoms with E-state index in [1.165, 1.54) is 11.1 Å². The van der Waals surface area contributed by atoms with Crippen molar-refractivity contribution >= 4 is 5.78 Å². The molecular formula is C12H15NO. The van der Waals surface area contributed by atoms with E-state index in [9.17, 15) is 4.79 Å². The van der Waals surface area contributed by atoms with Crippen LogP contribution in [0.3, 0.4) is 0 Å². The molecule has 74 valence electrons. The van der Waals surface area contributed by atoms with Crippen molar-refractivity contribution in [3.05, 3.63) is 34.4 Å². The maximum Gasteiger partial charge on any atom is 0.160 e. The number of carbonyl (C=O) groups is 1. The molecule has 2 heteroatoms. The van der Waals surface area contributed by atoms with Gasteiger partial charge in [-0.1, -0.05) is 12.1 Å². The second-order valence-corrected chi connectivity index (χ2v) is 4.01. The molecule has 0 unspecified atom stereocenters. The third kappa shape index (κ3) is 1.26. The number of Topliss-reactive ketones (excluding diaryl/α,β-unsaturated/α-hetero) is 1. The first-order valence-electron chi connectivity index (χ1n) is 5.00. The van der Waals surface area contributed by atoms with Crippen LogP contribution < -0.4 is 5.73 Å². The first kappa shape index (κ1) is 9.41. The summed E-state index contributed by atoms with van der Waals surface area (Å²) in [7, 11) is 0. The third-order valence-corrected chi connectivity index (χ3v) is 3.12. The third-order valence-electron chi connectivity index (χ3n) is 3.12. The molecule has 0 spiro atoms. The smallest absolute Gasteiger partial charge is 0.160 e. The van der Waals surface area contributed by atoms with E-state index >= 15 is 0 Å². The van der Waals surface area contributed by atoms with Crippen molar-refractivity contribution in [2.45, 2.75) is 32.7 Å². The van der Waals surface area contributed by atoms with E-state index in [-0.39, 0.29) is 11.8 Å². The largest absolute Gasteiger partial charge is 0.324 e. The molecule has 0 fully saturated rings. The van der Waals surface area contributed by atoms with Gasteiger partial charge in [0.1, 0.15) is 0 Å². The highest BCUT2D eigenvalue weighted by Crippen LogP contribution is 2.32. The van der Waals surface area contributed by atoms with Crippen LogP contribution >= 0.6 is 0 Å². The molecule has 0 aromatic heterocycles. The molecule has 1 aromatic rings. The Bertz CT molecular complexity index is 396. The lowest BCUT2D eigenvalue weighted by atomic mass is 9.96. The van der Waals surface area contributed by atoms with E-state index < -0.39 is 0 Å². The normalized spacial score (nSPS) is 19.5. The van der Waals surface area contributed by atoms with Crippen LogP contribution in [0, 0.1) is 6.92 Å². The Morgan fingerprint density at radius 2 is 2.21 bits per heavy atom. The van der Waals surface area contributed by atoms with Gasteiger partial charge in [0.2, 0.25) is 0 Å². The summed E-state index contributed by atoms with van der Waals surface area (Å²) >= 11 is 0. The van der Waals surface area contributed by atoms with Crippen LogP contribution in [0.15, 0.2) is 12.1 Å². The van der Waals surface area contributed by atoms with Crippen molar-refractivity contribution in [1.29, 1.82) is 0 Å². The summed E-state index contributed by atoms with van der Waals surface area (Å²) in [4.78, 5) is 11.3. The fraction of sp³-hybridized carbons (Fsp3) is 0.417. The van der Waals surface area contributed by atoms with Crippen LogP contribution in [-0.2, 0) is 6.42 Å². The van der Waals surface area contributed by atoms with Crippen molar-refractivity contribution in [2.75, 3.05) is 0 Å². The molecule has 0 amide bonds. The van der Waals surface area contributed by atoms with Gasteiger partial charge >= 0.3 is 0 Å². The van der Waals surface area contributed by atoms with Gasteiger partial charge in [0.25, 0.3) is 0 Å². The van der Waals surface area contributed by atoms with Crippen molar-refractivity contribution in [1.82, 2.24) is 0 Å². The minimum atomic E-state index is 0.144. The summed E-state index contributed by atoms with van der Waals surface area (Å²) in [6.07, 6.45) is 2.03. The first-order valence-corrected chi connectivity index (χ1v) is 5.00. The minimum absolute atomic E-state index is 0.144. The number of hydrogen-bond acceptors (Lipinski definition) is 2. The Labute approximate surface area is 84.1 Å². The Morgan fingerprint density at radius 3 is 2.86 bits per heavy atom. The molecule has 1 aromatic carbocycles. The highest BCUT2D eigenvalue weighted by atomic mass is 16.1. The van der Waals surface area contributed by atoms with Gasteiger partial charge in [0, 0.05) is 11.6 Å². The zero-order chi connectivity index (χ0) is 10.3. The van der Waals surface area contributed by atoms with Crippen LogP contribution in [0.1, 0.15) is 46.4 Å². The Hall–Kier alpha value is -1.15. The van der Waals surface area contributed by atoms with Crippen LogP contribution in [0.25, 0.3) is 0 Å². The molecule has 0 bridgehead atoms. The van der Waals surface area contributed by atoms with E-state index in [4.69, 9.17) is 5.73 Å². The molecular weight excluding hydrogens is 174 g/mol. The number of fused-ring (bicyclic) bond motifs is 1. The zero-order valence-corrected chi connectivity index (χ0v) is 8.63. The van der Waals surface area contributed by atoms with E-state index in [0.29, 0.717) is 0 Å². The lowest BCUT2D eigenvalue weighted by molar-refractivity contribution is 0.101.